The minimum Gasteiger partial charge on any atom is -0.494 e. The fourth-order valence-corrected chi connectivity index (χ4v) is 4.60. The van der Waals surface area contributed by atoms with Crippen molar-refractivity contribution >= 4 is 16.8 Å². The first-order chi connectivity index (χ1) is 18.3. The van der Waals surface area contributed by atoms with Gasteiger partial charge in [0.15, 0.2) is 11.6 Å². The number of hydrogen-bond acceptors (Lipinski definition) is 6. The molecule has 1 fully saturated rings. The van der Waals surface area contributed by atoms with Gasteiger partial charge in [-0.15, -0.1) is 0 Å². The Labute approximate surface area is 216 Å². The van der Waals surface area contributed by atoms with Gasteiger partial charge in [0.25, 0.3) is 5.91 Å². The third-order valence-electron chi connectivity index (χ3n) is 6.67. The maximum absolute atomic E-state index is 15.0. The van der Waals surface area contributed by atoms with Gasteiger partial charge >= 0.3 is 0 Å². The summed E-state index contributed by atoms with van der Waals surface area (Å²) < 4.78 is 55.4. The van der Waals surface area contributed by atoms with Crippen molar-refractivity contribution in [3.05, 3.63) is 83.1 Å². The van der Waals surface area contributed by atoms with E-state index in [2.05, 4.69) is 20.4 Å². The summed E-state index contributed by atoms with van der Waals surface area (Å²) >= 11 is 0. The Bertz CT molecular complexity index is 1480. The molecule has 4 aromatic rings. The topological polar surface area (TPSA) is 91.2 Å². The summed E-state index contributed by atoms with van der Waals surface area (Å²) in [5.41, 5.74) is 1.31. The summed E-state index contributed by atoms with van der Waals surface area (Å²) in [5, 5.41) is 7.15. The van der Waals surface area contributed by atoms with Crippen LogP contribution in [0.25, 0.3) is 10.9 Å². The molecule has 0 radical (unpaired) electrons. The summed E-state index contributed by atoms with van der Waals surface area (Å²) in [6, 6.07) is 6.16. The highest BCUT2D eigenvalue weighted by Gasteiger charge is 2.27. The number of nitrogens with zero attached hydrogens (tertiary/aromatic N) is 4. The van der Waals surface area contributed by atoms with E-state index < -0.39 is 29.8 Å². The van der Waals surface area contributed by atoms with Crippen LogP contribution in [-0.2, 0) is 18.2 Å². The average Bonchev–Trinajstić information content (AvgIpc) is 3.34. The zero-order valence-corrected chi connectivity index (χ0v) is 20.8. The van der Waals surface area contributed by atoms with Crippen molar-refractivity contribution in [1.29, 1.82) is 0 Å². The number of aromatic nitrogens is 4. The van der Waals surface area contributed by atoms with Crippen LogP contribution in [0, 0.1) is 17.6 Å². The van der Waals surface area contributed by atoms with Crippen LogP contribution in [0.3, 0.4) is 0 Å². The summed E-state index contributed by atoms with van der Waals surface area (Å²) in [5.74, 6) is -1.70. The number of methoxy groups -OCH3 is 1. The standard InChI is InChI=1S/C27H26F3N5O3/c1-35-13-18(11-32-35)26(16-3-4-24(37-2)21(29)7-16)34-27(36)17-8-20(28)19-12-31-25(33-23(19)9-17)10-15-5-6-38-14-22(15)30/h3-4,7-9,11-13,15,22,26H,5-6,10,14H2,1-2H3,(H,34,36)/t15-,22-,26-/m0/s1. The number of rotatable bonds is 7. The number of halogens is 3. The van der Waals surface area contributed by atoms with E-state index in [9.17, 15) is 18.0 Å². The number of hydrogen-bond donors (Lipinski definition) is 1. The molecule has 0 bridgehead atoms. The second-order valence-corrected chi connectivity index (χ2v) is 9.27. The zero-order chi connectivity index (χ0) is 26.8. The smallest absolute Gasteiger partial charge is 0.252 e. The summed E-state index contributed by atoms with van der Waals surface area (Å²) in [7, 11) is 3.08. The largest absolute Gasteiger partial charge is 0.494 e. The Morgan fingerprint density at radius 1 is 1.21 bits per heavy atom. The van der Waals surface area contributed by atoms with Gasteiger partial charge < -0.3 is 14.8 Å². The first kappa shape index (κ1) is 25.7. The zero-order valence-electron chi connectivity index (χ0n) is 20.8. The van der Waals surface area contributed by atoms with Gasteiger partial charge in [-0.2, -0.15) is 5.10 Å². The lowest BCUT2D eigenvalue weighted by molar-refractivity contribution is -0.00172. The lowest BCUT2D eigenvalue weighted by Crippen LogP contribution is -2.30. The molecule has 11 heteroatoms. The van der Waals surface area contributed by atoms with Crippen molar-refractivity contribution < 1.29 is 27.4 Å². The Kier molecular flexibility index (Phi) is 7.28. The molecule has 2 aromatic carbocycles. The first-order valence-corrected chi connectivity index (χ1v) is 12.1. The monoisotopic (exact) mass is 525 g/mol. The fraction of sp³-hybridized carbons (Fsp3) is 0.333. The molecule has 0 spiro atoms. The second-order valence-electron chi connectivity index (χ2n) is 9.27. The van der Waals surface area contributed by atoms with E-state index >= 15 is 0 Å². The molecular weight excluding hydrogens is 499 g/mol. The van der Waals surface area contributed by atoms with Gasteiger partial charge in [-0.3, -0.25) is 9.48 Å². The number of alkyl halides is 1. The Balaban J connectivity index is 1.44. The SMILES string of the molecule is COc1ccc([C@H](NC(=O)c2cc(F)c3cnc(C[C@@H]4CCOC[C@@H]4F)nc3c2)c2cnn(C)c2)cc1F. The van der Waals surface area contributed by atoms with E-state index in [0.29, 0.717) is 30.0 Å². The quantitative estimate of drug-likeness (QED) is 0.391. The van der Waals surface area contributed by atoms with Gasteiger partial charge in [-0.1, -0.05) is 6.07 Å². The lowest BCUT2D eigenvalue weighted by Gasteiger charge is -2.25. The lowest BCUT2D eigenvalue weighted by atomic mass is 9.94. The van der Waals surface area contributed by atoms with Gasteiger partial charge in [0, 0.05) is 49.5 Å². The maximum atomic E-state index is 15.0. The van der Waals surface area contributed by atoms with Gasteiger partial charge in [0.1, 0.15) is 17.8 Å². The number of benzene rings is 2. The molecule has 0 aliphatic carbocycles. The van der Waals surface area contributed by atoms with Crippen LogP contribution in [0.1, 0.15) is 39.8 Å². The molecule has 8 nitrogen and oxygen atoms in total. The summed E-state index contributed by atoms with van der Waals surface area (Å²) in [6.07, 6.45) is 4.30. The third kappa shape index (κ3) is 5.33. The number of carbonyl (C=O) groups is 1. The molecule has 0 unspecified atom stereocenters. The van der Waals surface area contributed by atoms with E-state index in [4.69, 9.17) is 9.47 Å². The highest BCUT2D eigenvalue weighted by atomic mass is 19.1. The van der Waals surface area contributed by atoms with Crippen LogP contribution in [-0.4, -0.2) is 52.2 Å². The molecule has 38 heavy (non-hydrogen) atoms. The van der Waals surface area contributed by atoms with Gasteiger partial charge in [-0.05, 0) is 36.2 Å². The predicted molar refractivity (Wildman–Crippen MR) is 132 cm³/mol. The van der Waals surface area contributed by atoms with Crippen LogP contribution in [0.4, 0.5) is 13.2 Å². The molecular formula is C27H26F3N5O3. The second kappa shape index (κ2) is 10.8. The van der Waals surface area contributed by atoms with Crippen LogP contribution in [0.5, 0.6) is 5.75 Å². The third-order valence-corrected chi connectivity index (χ3v) is 6.67. The number of aryl methyl sites for hydroxylation is 1. The van der Waals surface area contributed by atoms with E-state index in [0.717, 1.165) is 6.07 Å². The van der Waals surface area contributed by atoms with E-state index in [1.807, 2.05) is 0 Å². The molecule has 2 aromatic heterocycles. The molecule has 5 rings (SSSR count). The van der Waals surface area contributed by atoms with Crippen LogP contribution >= 0.6 is 0 Å². The van der Waals surface area contributed by atoms with E-state index in [1.165, 1.54) is 31.5 Å². The van der Waals surface area contributed by atoms with Crippen LogP contribution in [0.15, 0.2) is 48.9 Å². The molecule has 1 amide bonds. The highest BCUT2D eigenvalue weighted by molar-refractivity contribution is 5.98. The minimum atomic E-state index is -1.12. The molecule has 1 N–H and O–H groups in total. The summed E-state index contributed by atoms with van der Waals surface area (Å²) in [4.78, 5) is 22.0. The Morgan fingerprint density at radius 2 is 2.05 bits per heavy atom. The molecule has 1 saturated heterocycles. The number of ether oxygens (including phenoxy) is 2. The van der Waals surface area contributed by atoms with E-state index in [-0.39, 0.29) is 41.2 Å². The van der Waals surface area contributed by atoms with Crippen molar-refractivity contribution in [3.8, 4) is 5.75 Å². The Hall–Kier alpha value is -3.99. The normalized spacial score (nSPS) is 18.3. The molecule has 3 heterocycles. The van der Waals surface area contributed by atoms with Crippen LogP contribution < -0.4 is 10.1 Å². The fourth-order valence-electron chi connectivity index (χ4n) is 4.60. The van der Waals surface area contributed by atoms with E-state index in [1.54, 1.807) is 30.2 Å². The number of fused-ring (bicyclic) bond motifs is 1. The highest BCUT2D eigenvalue weighted by Crippen LogP contribution is 2.28. The van der Waals surface area contributed by atoms with Crippen molar-refractivity contribution in [1.82, 2.24) is 25.1 Å². The van der Waals surface area contributed by atoms with Crippen molar-refractivity contribution in [2.45, 2.75) is 25.1 Å². The molecule has 1 aliphatic rings. The number of nitrogens with one attached hydrogen (secondary N) is 1. The van der Waals surface area contributed by atoms with Gasteiger partial charge in [0.05, 0.1) is 36.9 Å². The van der Waals surface area contributed by atoms with Crippen LogP contribution in [0.2, 0.25) is 0 Å². The van der Waals surface area contributed by atoms with Crippen molar-refractivity contribution in [3.63, 3.8) is 0 Å². The Morgan fingerprint density at radius 3 is 2.76 bits per heavy atom. The first-order valence-electron chi connectivity index (χ1n) is 12.1. The molecule has 1 aliphatic heterocycles. The predicted octanol–water partition coefficient (Wildman–Crippen LogP) is 4.09. The van der Waals surface area contributed by atoms with Gasteiger partial charge in [-0.25, -0.2) is 23.1 Å². The molecule has 0 saturated carbocycles. The van der Waals surface area contributed by atoms with Crippen molar-refractivity contribution in [2.24, 2.45) is 13.0 Å². The van der Waals surface area contributed by atoms with Crippen molar-refractivity contribution in [2.75, 3.05) is 20.3 Å². The van der Waals surface area contributed by atoms with Gasteiger partial charge in [0.2, 0.25) is 0 Å². The number of amides is 1. The molecule has 3 atom stereocenters. The summed E-state index contributed by atoms with van der Waals surface area (Å²) in [6.45, 7) is 0.501. The minimum absolute atomic E-state index is 0.0250. The molecule has 198 valence electrons. The average molecular weight is 526 g/mol. The maximum Gasteiger partial charge on any atom is 0.252 e. The number of carbonyl (C=O) groups excluding carboxylic acids is 1.